The third-order valence-electron chi connectivity index (χ3n) is 2.39. The number of aromatic nitrogens is 3. The second kappa shape index (κ2) is 3.63. The molecule has 7 heteroatoms. The molecular formula is C10H6N4O2S. The van der Waals surface area contributed by atoms with E-state index in [1.54, 1.807) is 30.0 Å². The quantitative estimate of drug-likeness (QED) is 0.514. The highest BCUT2D eigenvalue weighted by Gasteiger charge is 2.21. The van der Waals surface area contributed by atoms with Gasteiger partial charge in [0.25, 0.3) is 0 Å². The van der Waals surface area contributed by atoms with Crippen LogP contribution in [0.5, 0.6) is 0 Å². The van der Waals surface area contributed by atoms with Crippen molar-refractivity contribution >= 4 is 27.2 Å². The molecule has 0 amide bonds. The number of nitro benzene ring substituents is 1. The number of thiazole rings is 1. The number of rotatable bonds is 2. The van der Waals surface area contributed by atoms with Gasteiger partial charge < -0.3 is 0 Å². The molecule has 0 aliphatic rings. The second-order valence-corrected chi connectivity index (χ2v) is 4.23. The van der Waals surface area contributed by atoms with Crippen molar-refractivity contribution in [2.24, 2.45) is 0 Å². The zero-order valence-electron chi connectivity index (χ0n) is 8.48. The van der Waals surface area contributed by atoms with Crippen LogP contribution in [0.3, 0.4) is 0 Å². The Morgan fingerprint density at radius 2 is 2.29 bits per heavy atom. The van der Waals surface area contributed by atoms with Crippen LogP contribution in [-0.4, -0.2) is 19.7 Å². The number of fused-ring (bicyclic) bond motifs is 1. The third kappa shape index (κ3) is 1.48. The molecule has 0 saturated heterocycles. The van der Waals surface area contributed by atoms with Gasteiger partial charge in [0.05, 0.1) is 15.1 Å². The molecule has 17 heavy (non-hydrogen) atoms. The lowest BCUT2D eigenvalue weighted by Crippen LogP contribution is -2.01. The monoisotopic (exact) mass is 246 g/mol. The van der Waals surface area contributed by atoms with Crippen molar-refractivity contribution < 1.29 is 4.92 Å². The Bertz CT molecular complexity index is 689. The molecule has 0 aliphatic carbocycles. The SMILES string of the molecule is O=[N+]([O-])c1c(-n2cccn2)ccc2scnc12. The summed E-state index contributed by atoms with van der Waals surface area (Å²) < 4.78 is 2.27. The van der Waals surface area contributed by atoms with Gasteiger partial charge in [-0.15, -0.1) is 11.3 Å². The zero-order chi connectivity index (χ0) is 11.8. The Kier molecular flexibility index (Phi) is 2.12. The first-order chi connectivity index (χ1) is 8.27. The highest BCUT2D eigenvalue weighted by atomic mass is 32.1. The fourth-order valence-corrected chi connectivity index (χ4v) is 2.36. The molecule has 3 rings (SSSR count). The summed E-state index contributed by atoms with van der Waals surface area (Å²) in [5, 5.41) is 15.2. The minimum absolute atomic E-state index is 0.00699. The van der Waals surface area contributed by atoms with E-state index >= 15 is 0 Å². The van der Waals surface area contributed by atoms with Crippen LogP contribution in [0.2, 0.25) is 0 Å². The van der Waals surface area contributed by atoms with Crippen LogP contribution in [0.1, 0.15) is 0 Å². The van der Waals surface area contributed by atoms with Crippen LogP contribution in [0.25, 0.3) is 15.9 Å². The van der Waals surface area contributed by atoms with E-state index < -0.39 is 4.92 Å². The summed E-state index contributed by atoms with van der Waals surface area (Å²) in [6.07, 6.45) is 3.25. The third-order valence-corrected chi connectivity index (χ3v) is 3.18. The summed E-state index contributed by atoms with van der Waals surface area (Å²) in [5.74, 6) is 0. The molecule has 0 atom stereocenters. The van der Waals surface area contributed by atoms with Gasteiger partial charge in [-0.2, -0.15) is 5.10 Å². The molecule has 0 N–H and O–H groups in total. The van der Waals surface area contributed by atoms with Crippen LogP contribution in [0.15, 0.2) is 36.1 Å². The molecule has 84 valence electrons. The summed E-state index contributed by atoms with van der Waals surface area (Å²) >= 11 is 1.38. The van der Waals surface area contributed by atoms with Gasteiger partial charge >= 0.3 is 5.69 Å². The molecule has 0 bridgehead atoms. The van der Waals surface area contributed by atoms with Gasteiger partial charge in [0.1, 0.15) is 5.69 Å². The first-order valence-electron chi connectivity index (χ1n) is 4.78. The maximum absolute atomic E-state index is 11.2. The smallest absolute Gasteiger partial charge is 0.258 e. The lowest BCUT2D eigenvalue weighted by Gasteiger charge is -2.02. The molecule has 0 aliphatic heterocycles. The van der Waals surface area contributed by atoms with Crippen LogP contribution in [0.4, 0.5) is 5.69 Å². The fraction of sp³-hybridized carbons (Fsp3) is 0. The molecule has 0 fully saturated rings. The van der Waals surface area contributed by atoms with E-state index in [1.807, 2.05) is 6.07 Å². The predicted octanol–water partition coefficient (Wildman–Crippen LogP) is 2.39. The van der Waals surface area contributed by atoms with Crippen molar-refractivity contribution in [3.05, 3.63) is 46.2 Å². The minimum atomic E-state index is -0.418. The number of nitro groups is 1. The van der Waals surface area contributed by atoms with Gasteiger partial charge in [-0.1, -0.05) is 0 Å². The lowest BCUT2D eigenvalue weighted by molar-refractivity contribution is -0.383. The van der Waals surface area contributed by atoms with E-state index in [4.69, 9.17) is 0 Å². The van der Waals surface area contributed by atoms with Crippen molar-refractivity contribution in [3.63, 3.8) is 0 Å². The van der Waals surface area contributed by atoms with Crippen molar-refractivity contribution in [1.82, 2.24) is 14.8 Å². The maximum atomic E-state index is 11.2. The Balaban J connectivity index is 2.38. The van der Waals surface area contributed by atoms with Gasteiger partial charge in [0, 0.05) is 12.4 Å². The van der Waals surface area contributed by atoms with E-state index in [1.165, 1.54) is 16.0 Å². The standard InChI is InChI=1S/C10H6N4O2S/c15-14(16)10-7(13-5-1-4-12-13)2-3-8-9(10)11-6-17-8/h1-6H. The van der Waals surface area contributed by atoms with Gasteiger partial charge in [-0.25, -0.2) is 9.67 Å². The van der Waals surface area contributed by atoms with Gasteiger partial charge in [0.2, 0.25) is 0 Å². The van der Waals surface area contributed by atoms with Crippen molar-refractivity contribution in [1.29, 1.82) is 0 Å². The number of benzene rings is 1. The first-order valence-corrected chi connectivity index (χ1v) is 5.66. The second-order valence-electron chi connectivity index (χ2n) is 3.34. The molecule has 1 aromatic carbocycles. The minimum Gasteiger partial charge on any atom is -0.258 e. The molecular weight excluding hydrogens is 240 g/mol. The van der Waals surface area contributed by atoms with E-state index in [2.05, 4.69) is 10.1 Å². The molecule has 3 aromatic rings. The molecule has 0 unspecified atom stereocenters. The largest absolute Gasteiger partial charge is 0.321 e. The topological polar surface area (TPSA) is 73.8 Å². The van der Waals surface area contributed by atoms with Crippen LogP contribution in [0, 0.1) is 10.1 Å². The molecule has 0 radical (unpaired) electrons. The van der Waals surface area contributed by atoms with E-state index in [0.29, 0.717) is 11.2 Å². The molecule has 6 nitrogen and oxygen atoms in total. The van der Waals surface area contributed by atoms with Crippen LogP contribution < -0.4 is 0 Å². The van der Waals surface area contributed by atoms with Gasteiger partial charge in [0.15, 0.2) is 5.52 Å². The predicted molar refractivity (Wildman–Crippen MR) is 63.4 cm³/mol. The van der Waals surface area contributed by atoms with E-state index in [-0.39, 0.29) is 5.69 Å². The van der Waals surface area contributed by atoms with Crippen molar-refractivity contribution in [2.45, 2.75) is 0 Å². The number of hydrogen-bond donors (Lipinski definition) is 0. The fourth-order valence-electron chi connectivity index (χ4n) is 1.68. The Hall–Kier alpha value is -2.28. The van der Waals surface area contributed by atoms with Gasteiger partial charge in [-0.3, -0.25) is 10.1 Å². The molecule has 2 aromatic heterocycles. The highest BCUT2D eigenvalue weighted by Crippen LogP contribution is 2.32. The first kappa shape index (κ1) is 9.91. The highest BCUT2D eigenvalue weighted by molar-refractivity contribution is 7.16. The summed E-state index contributed by atoms with van der Waals surface area (Å²) in [6, 6.07) is 5.22. The molecule has 0 spiro atoms. The average Bonchev–Trinajstić information content (AvgIpc) is 2.98. The lowest BCUT2D eigenvalue weighted by atomic mass is 10.2. The summed E-state index contributed by atoms with van der Waals surface area (Å²) in [6.45, 7) is 0. The molecule has 0 saturated carbocycles. The number of hydrogen-bond acceptors (Lipinski definition) is 5. The summed E-state index contributed by atoms with van der Waals surface area (Å²) in [5.41, 5.74) is 2.43. The van der Waals surface area contributed by atoms with Crippen molar-refractivity contribution in [2.75, 3.05) is 0 Å². The zero-order valence-corrected chi connectivity index (χ0v) is 9.29. The average molecular weight is 246 g/mol. The van der Waals surface area contributed by atoms with Crippen LogP contribution in [-0.2, 0) is 0 Å². The van der Waals surface area contributed by atoms with Crippen molar-refractivity contribution in [3.8, 4) is 5.69 Å². The number of nitrogens with zero attached hydrogens (tertiary/aromatic N) is 4. The normalized spacial score (nSPS) is 10.8. The van der Waals surface area contributed by atoms with Crippen LogP contribution >= 0.6 is 11.3 Å². The Morgan fingerprint density at radius 3 is 3.00 bits per heavy atom. The summed E-state index contributed by atoms with van der Waals surface area (Å²) in [7, 11) is 0. The Labute approximate surface area is 99.3 Å². The summed E-state index contributed by atoms with van der Waals surface area (Å²) in [4.78, 5) is 14.8. The van der Waals surface area contributed by atoms with E-state index in [9.17, 15) is 10.1 Å². The van der Waals surface area contributed by atoms with E-state index in [0.717, 1.165) is 4.70 Å². The maximum Gasteiger partial charge on any atom is 0.321 e. The Morgan fingerprint density at radius 1 is 1.41 bits per heavy atom. The van der Waals surface area contributed by atoms with Gasteiger partial charge in [-0.05, 0) is 18.2 Å². The molecule has 2 heterocycles.